The Morgan fingerprint density at radius 3 is 2.95 bits per heavy atom. The van der Waals surface area contributed by atoms with E-state index in [1.807, 2.05) is 0 Å². The van der Waals surface area contributed by atoms with Crippen LogP contribution in [0.15, 0.2) is 39.6 Å². The number of allylic oxidation sites excluding steroid dienone is 4. The van der Waals surface area contributed by atoms with Crippen molar-refractivity contribution in [1.29, 1.82) is 0 Å². The number of fused-ring (bicyclic) bond motifs is 1. The number of hydrogen-bond donors (Lipinski definition) is 0. The largest absolute Gasteiger partial charge is 0.374 e. The second kappa shape index (κ2) is 4.59. The Labute approximate surface area is 128 Å². The molecule has 3 unspecified atom stereocenters. The van der Waals surface area contributed by atoms with Crippen molar-refractivity contribution in [2.75, 3.05) is 13.6 Å². The van der Waals surface area contributed by atoms with Crippen LogP contribution in [0, 0.1) is 11.3 Å². The van der Waals surface area contributed by atoms with Crippen molar-refractivity contribution in [3.8, 4) is 0 Å². The van der Waals surface area contributed by atoms with Gasteiger partial charge in [0.1, 0.15) is 0 Å². The van der Waals surface area contributed by atoms with Crippen molar-refractivity contribution in [1.82, 2.24) is 4.90 Å². The molecule has 3 atom stereocenters. The van der Waals surface area contributed by atoms with Crippen LogP contribution < -0.4 is 0 Å². The van der Waals surface area contributed by atoms with Crippen LogP contribution in [0.3, 0.4) is 0 Å². The van der Waals surface area contributed by atoms with E-state index in [0.717, 1.165) is 6.54 Å². The van der Waals surface area contributed by atoms with Crippen molar-refractivity contribution >= 4 is 6.21 Å². The summed E-state index contributed by atoms with van der Waals surface area (Å²) >= 11 is 0. The first-order chi connectivity index (χ1) is 10.2. The van der Waals surface area contributed by atoms with Crippen LogP contribution in [-0.4, -0.2) is 30.7 Å². The molecule has 0 aromatic rings. The number of hydrogen-bond acceptors (Lipinski definition) is 2. The third-order valence-electron chi connectivity index (χ3n) is 6.48. The summed E-state index contributed by atoms with van der Waals surface area (Å²) in [6, 6.07) is 0.672. The quantitative estimate of drug-likeness (QED) is 0.744. The molecule has 0 radical (unpaired) electrons. The highest BCUT2D eigenvalue weighted by Gasteiger charge is 2.52. The summed E-state index contributed by atoms with van der Waals surface area (Å²) in [6.45, 7) is 5.59. The van der Waals surface area contributed by atoms with E-state index in [2.05, 4.69) is 44.2 Å². The Balaban J connectivity index is 2.04. The first-order valence-corrected chi connectivity index (χ1v) is 8.59. The number of nitrogens with zero attached hydrogens (tertiary/aromatic N) is 2. The Bertz CT molecular complexity index is 593. The SMILES string of the molecule is CCC1C2CC3=C(CCC4=C3C=CCN=CC41CC)N2C. The fourth-order valence-electron chi connectivity index (χ4n) is 5.52. The molecule has 4 rings (SSSR count). The smallest absolute Gasteiger partial charge is 0.0570 e. The highest BCUT2D eigenvalue weighted by molar-refractivity contribution is 5.75. The average Bonchev–Trinajstić information content (AvgIpc) is 2.76. The summed E-state index contributed by atoms with van der Waals surface area (Å²) in [5.41, 5.74) is 6.76. The summed E-state index contributed by atoms with van der Waals surface area (Å²) in [5, 5.41) is 0. The van der Waals surface area contributed by atoms with E-state index in [1.165, 1.54) is 32.1 Å². The summed E-state index contributed by atoms with van der Waals surface area (Å²) in [5.74, 6) is 0.697. The molecule has 4 aliphatic rings. The molecule has 2 heteroatoms. The van der Waals surface area contributed by atoms with Gasteiger partial charge in [-0.2, -0.15) is 0 Å². The summed E-state index contributed by atoms with van der Waals surface area (Å²) in [6.07, 6.45) is 13.1. The topological polar surface area (TPSA) is 15.6 Å². The molecule has 0 spiro atoms. The molecule has 0 fully saturated rings. The van der Waals surface area contributed by atoms with Crippen molar-refractivity contribution in [3.05, 3.63) is 34.6 Å². The third kappa shape index (κ3) is 1.56. The molecule has 2 nitrogen and oxygen atoms in total. The van der Waals surface area contributed by atoms with Gasteiger partial charge in [-0.1, -0.05) is 38.0 Å². The van der Waals surface area contributed by atoms with Gasteiger partial charge in [-0.15, -0.1) is 0 Å². The molecule has 112 valence electrons. The monoisotopic (exact) mass is 282 g/mol. The van der Waals surface area contributed by atoms with Gasteiger partial charge in [0, 0.05) is 30.4 Å². The van der Waals surface area contributed by atoms with Gasteiger partial charge in [0.2, 0.25) is 0 Å². The first-order valence-electron chi connectivity index (χ1n) is 8.59. The van der Waals surface area contributed by atoms with Crippen LogP contribution in [0.4, 0.5) is 0 Å². The highest BCUT2D eigenvalue weighted by atomic mass is 15.2. The summed E-state index contributed by atoms with van der Waals surface area (Å²) in [4.78, 5) is 7.40. The molecule has 2 aliphatic carbocycles. The highest BCUT2D eigenvalue weighted by Crippen LogP contribution is 2.57. The zero-order valence-corrected chi connectivity index (χ0v) is 13.5. The molecule has 0 N–H and O–H groups in total. The van der Waals surface area contributed by atoms with E-state index >= 15 is 0 Å². The van der Waals surface area contributed by atoms with Crippen LogP contribution in [0.25, 0.3) is 0 Å². The van der Waals surface area contributed by atoms with Crippen LogP contribution >= 0.6 is 0 Å². The van der Waals surface area contributed by atoms with E-state index in [4.69, 9.17) is 4.99 Å². The Hall–Kier alpha value is -1.31. The fourth-order valence-corrected chi connectivity index (χ4v) is 5.52. The molecule has 0 saturated carbocycles. The predicted molar refractivity (Wildman–Crippen MR) is 88.5 cm³/mol. The Kier molecular flexibility index (Phi) is 2.92. The molecule has 0 aromatic carbocycles. The Morgan fingerprint density at radius 1 is 1.33 bits per heavy atom. The standard InChI is InChI=1S/C19H26N2/c1-4-15-18-11-14-13-7-6-10-20-12-19(15,5-2)16(13)8-9-17(14)21(18)3/h6-7,12,15,18H,4-5,8-11H2,1-3H3. The normalized spacial score (nSPS) is 37.2. The van der Waals surface area contributed by atoms with Gasteiger partial charge in [-0.3, -0.25) is 4.99 Å². The van der Waals surface area contributed by atoms with E-state index in [-0.39, 0.29) is 5.41 Å². The van der Waals surface area contributed by atoms with Crippen LogP contribution in [0.2, 0.25) is 0 Å². The Morgan fingerprint density at radius 2 is 2.19 bits per heavy atom. The number of aliphatic imine (C=N–C) groups is 1. The minimum atomic E-state index is 0.196. The number of likely N-dealkylation sites (tertiary alicyclic amines) is 1. The van der Waals surface area contributed by atoms with Gasteiger partial charge in [0.25, 0.3) is 0 Å². The summed E-state index contributed by atoms with van der Waals surface area (Å²) in [7, 11) is 2.33. The number of rotatable bonds is 2. The molecule has 2 aliphatic heterocycles. The molecule has 2 heterocycles. The lowest BCUT2D eigenvalue weighted by atomic mass is 9.62. The van der Waals surface area contributed by atoms with Crippen LogP contribution in [0.5, 0.6) is 0 Å². The molecule has 5 bridgehead atoms. The maximum atomic E-state index is 4.78. The van der Waals surface area contributed by atoms with Gasteiger partial charge in [-0.05, 0) is 42.7 Å². The van der Waals surface area contributed by atoms with Gasteiger partial charge < -0.3 is 4.90 Å². The lowest BCUT2D eigenvalue weighted by molar-refractivity contribution is 0.142. The molecular weight excluding hydrogens is 256 g/mol. The van der Waals surface area contributed by atoms with E-state index in [9.17, 15) is 0 Å². The summed E-state index contributed by atoms with van der Waals surface area (Å²) < 4.78 is 0. The van der Waals surface area contributed by atoms with E-state index < -0.39 is 0 Å². The zero-order valence-electron chi connectivity index (χ0n) is 13.5. The fraction of sp³-hybridized carbons (Fsp3) is 0.632. The second-order valence-electron chi connectivity index (χ2n) is 7.01. The lowest BCUT2D eigenvalue weighted by Gasteiger charge is -2.48. The van der Waals surface area contributed by atoms with Crippen LogP contribution in [-0.2, 0) is 0 Å². The third-order valence-corrected chi connectivity index (χ3v) is 6.48. The molecule has 0 aromatic heterocycles. The van der Waals surface area contributed by atoms with Crippen molar-refractivity contribution in [2.45, 2.75) is 52.0 Å². The van der Waals surface area contributed by atoms with Gasteiger partial charge in [0.15, 0.2) is 0 Å². The molecule has 0 amide bonds. The van der Waals surface area contributed by atoms with Gasteiger partial charge >= 0.3 is 0 Å². The minimum absolute atomic E-state index is 0.196. The van der Waals surface area contributed by atoms with Gasteiger partial charge in [-0.25, -0.2) is 0 Å². The van der Waals surface area contributed by atoms with Gasteiger partial charge in [0.05, 0.1) is 6.54 Å². The zero-order chi connectivity index (χ0) is 14.6. The maximum Gasteiger partial charge on any atom is 0.0570 e. The van der Waals surface area contributed by atoms with Crippen molar-refractivity contribution < 1.29 is 0 Å². The maximum absolute atomic E-state index is 4.78. The lowest BCUT2D eigenvalue weighted by Crippen LogP contribution is -2.47. The molecular formula is C19H26N2. The second-order valence-corrected chi connectivity index (χ2v) is 7.01. The molecule has 0 saturated heterocycles. The minimum Gasteiger partial charge on any atom is -0.374 e. The van der Waals surface area contributed by atoms with E-state index in [1.54, 1.807) is 22.4 Å². The average molecular weight is 282 g/mol. The van der Waals surface area contributed by atoms with Crippen molar-refractivity contribution in [3.63, 3.8) is 0 Å². The van der Waals surface area contributed by atoms with E-state index in [0.29, 0.717) is 12.0 Å². The molecule has 21 heavy (non-hydrogen) atoms. The predicted octanol–water partition coefficient (Wildman–Crippen LogP) is 4.11. The van der Waals surface area contributed by atoms with Crippen molar-refractivity contribution in [2.24, 2.45) is 16.3 Å². The van der Waals surface area contributed by atoms with Crippen LogP contribution in [0.1, 0.15) is 46.0 Å². The first kappa shape index (κ1) is 13.4.